The molecule has 27 heavy (non-hydrogen) atoms. The van der Waals surface area contributed by atoms with Crippen molar-refractivity contribution < 1.29 is 24.6 Å². The first-order valence-electron chi connectivity index (χ1n) is 8.57. The van der Waals surface area contributed by atoms with Gasteiger partial charge in [0, 0.05) is 17.8 Å². The third kappa shape index (κ3) is 5.85. The van der Waals surface area contributed by atoms with E-state index >= 15 is 0 Å². The quantitative estimate of drug-likeness (QED) is 0.539. The van der Waals surface area contributed by atoms with Crippen LogP contribution in [0, 0.1) is 0 Å². The minimum atomic E-state index is -1.48. The maximum Gasteiger partial charge on any atom is 0.326 e. The third-order valence-corrected chi connectivity index (χ3v) is 4.05. The first kappa shape index (κ1) is 20.0. The molecule has 0 aliphatic rings. The van der Waals surface area contributed by atoms with Gasteiger partial charge in [-0.05, 0) is 35.7 Å². The summed E-state index contributed by atoms with van der Waals surface area (Å²) in [4.78, 5) is 34.1. The van der Waals surface area contributed by atoms with Crippen molar-refractivity contribution in [2.24, 2.45) is 0 Å². The molecular weight excluding hydrogens is 348 g/mol. The fraction of sp³-hybridized carbons (Fsp3) is 0.250. The van der Waals surface area contributed by atoms with Crippen LogP contribution in [-0.4, -0.2) is 34.1 Å². The molecule has 4 N–H and O–H groups in total. The molecule has 142 valence electrons. The molecular formula is C20H22N2O5. The Morgan fingerprint density at radius 1 is 1.04 bits per heavy atom. The van der Waals surface area contributed by atoms with Crippen LogP contribution in [0.2, 0.25) is 0 Å². The topological polar surface area (TPSA) is 116 Å². The third-order valence-electron chi connectivity index (χ3n) is 4.05. The normalized spacial score (nSPS) is 11.4. The van der Waals surface area contributed by atoms with Crippen LogP contribution >= 0.6 is 0 Å². The molecule has 0 aliphatic carbocycles. The van der Waals surface area contributed by atoms with Crippen molar-refractivity contribution in [2.45, 2.75) is 32.4 Å². The SMILES string of the molecule is CCc1ccccc1NCc1cccc(C(=O)NC(CC(=O)O)C(=O)O)c1. The smallest absolute Gasteiger partial charge is 0.326 e. The predicted molar refractivity (Wildman–Crippen MR) is 101 cm³/mol. The highest BCUT2D eigenvalue weighted by atomic mass is 16.4. The number of carbonyl (C=O) groups excluding carboxylic acids is 1. The zero-order valence-electron chi connectivity index (χ0n) is 14.9. The van der Waals surface area contributed by atoms with E-state index in [-0.39, 0.29) is 5.56 Å². The number of para-hydroxylation sites is 1. The highest BCUT2D eigenvalue weighted by Gasteiger charge is 2.23. The maximum atomic E-state index is 12.3. The van der Waals surface area contributed by atoms with Crippen molar-refractivity contribution in [1.29, 1.82) is 0 Å². The molecule has 7 nitrogen and oxygen atoms in total. The molecule has 7 heteroatoms. The molecule has 0 aliphatic heterocycles. The number of aliphatic carboxylic acids is 2. The molecule has 2 rings (SSSR count). The zero-order valence-corrected chi connectivity index (χ0v) is 14.9. The molecule has 0 heterocycles. The first-order valence-corrected chi connectivity index (χ1v) is 8.57. The summed E-state index contributed by atoms with van der Waals surface area (Å²) in [5, 5.41) is 23.4. The van der Waals surface area contributed by atoms with Crippen LogP contribution in [0.25, 0.3) is 0 Å². The lowest BCUT2D eigenvalue weighted by atomic mass is 10.1. The molecule has 2 aromatic carbocycles. The van der Waals surface area contributed by atoms with Crippen LogP contribution in [0.1, 0.15) is 34.8 Å². The average Bonchev–Trinajstić information content (AvgIpc) is 2.65. The van der Waals surface area contributed by atoms with Crippen LogP contribution in [0.4, 0.5) is 5.69 Å². The monoisotopic (exact) mass is 370 g/mol. The number of carbonyl (C=O) groups is 3. The minimum Gasteiger partial charge on any atom is -0.481 e. The van der Waals surface area contributed by atoms with Gasteiger partial charge in [0.15, 0.2) is 0 Å². The molecule has 1 atom stereocenters. The van der Waals surface area contributed by atoms with Gasteiger partial charge in [-0.15, -0.1) is 0 Å². The van der Waals surface area contributed by atoms with Gasteiger partial charge in [0.05, 0.1) is 6.42 Å². The number of rotatable bonds is 9. The van der Waals surface area contributed by atoms with E-state index in [0.29, 0.717) is 6.54 Å². The van der Waals surface area contributed by atoms with E-state index in [1.807, 2.05) is 30.3 Å². The summed E-state index contributed by atoms with van der Waals surface area (Å²) in [5.41, 5.74) is 3.32. The molecule has 0 saturated carbocycles. The van der Waals surface area contributed by atoms with Gasteiger partial charge in [-0.1, -0.05) is 37.3 Å². The number of hydrogen-bond acceptors (Lipinski definition) is 4. The highest BCUT2D eigenvalue weighted by molar-refractivity contribution is 5.97. The van der Waals surface area contributed by atoms with Crippen molar-refractivity contribution in [1.82, 2.24) is 5.32 Å². The Hall–Kier alpha value is -3.35. The largest absolute Gasteiger partial charge is 0.481 e. The van der Waals surface area contributed by atoms with Gasteiger partial charge in [-0.3, -0.25) is 9.59 Å². The van der Waals surface area contributed by atoms with Gasteiger partial charge in [0.2, 0.25) is 0 Å². The van der Waals surface area contributed by atoms with E-state index in [2.05, 4.69) is 17.6 Å². The maximum absolute atomic E-state index is 12.3. The van der Waals surface area contributed by atoms with E-state index in [9.17, 15) is 14.4 Å². The van der Waals surface area contributed by atoms with Gasteiger partial charge in [-0.2, -0.15) is 0 Å². The van der Waals surface area contributed by atoms with Crippen molar-refractivity contribution in [3.05, 3.63) is 65.2 Å². The molecule has 0 aromatic heterocycles. The number of hydrogen-bond donors (Lipinski definition) is 4. The van der Waals surface area contributed by atoms with E-state index in [4.69, 9.17) is 10.2 Å². The van der Waals surface area contributed by atoms with Gasteiger partial charge in [0.1, 0.15) is 6.04 Å². The Morgan fingerprint density at radius 2 is 1.78 bits per heavy atom. The van der Waals surface area contributed by atoms with E-state index < -0.39 is 30.3 Å². The van der Waals surface area contributed by atoms with Crippen molar-refractivity contribution in [2.75, 3.05) is 5.32 Å². The number of anilines is 1. The molecule has 0 fully saturated rings. The second-order valence-electron chi connectivity index (χ2n) is 6.03. The summed E-state index contributed by atoms with van der Waals surface area (Å²) < 4.78 is 0. The average molecular weight is 370 g/mol. The number of carboxylic acid groups (broad SMARTS) is 2. The highest BCUT2D eigenvalue weighted by Crippen LogP contribution is 2.17. The molecule has 0 radical (unpaired) electrons. The van der Waals surface area contributed by atoms with Gasteiger partial charge >= 0.3 is 11.9 Å². The van der Waals surface area contributed by atoms with E-state index in [1.165, 1.54) is 5.56 Å². The summed E-state index contributed by atoms with van der Waals surface area (Å²) in [5.74, 6) is -3.31. The molecule has 2 aromatic rings. The fourth-order valence-electron chi connectivity index (χ4n) is 2.64. The lowest BCUT2D eigenvalue weighted by Crippen LogP contribution is -2.42. The van der Waals surface area contributed by atoms with Crippen LogP contribution < -0.4 is 10.6 Å². The molecule has 1 amide bonds. The summed E-state index contributed by atoms with van der Waals surface area (Å²) in [6.07, 6.45) is 0.210. The number of carboxylic acids is 2. The van der Waals surface area contributed by atoms with Crippen LogP contribution in [0.3, 0.4) is 0 Å². The van der Waals surface area contributed by atoms with Gasteiger partial charge in [0.25, 0.3) is 5.91 Å². The predicted octanol–water partition coefficient (Wildman–Crippen LogP) is 2.52. The fourth-order valence-corrected chi connectivity index (χ4v) is 2.64. The number of amides is 1. The standard InChI is InChI=1S/C20H22N2O5/c1-2-14-7-3-4-9-16(14)21-12-13-6-5-8-15(10-13)19(25)22-17(20(26)27)11-18(23)24/h3-10,17,21H,2,11-12H2,1H3,(H,22,25)(H,23,24)(H,26,27). The van der Waals surface area contributed by atoms with Crippen molar-refractivity contribution in [3.8, 4) is 0 Å². The number of aryl methyl sites for hydroxylation is 1. The Bertz CT molecular complexity index is 835. The van der Waals surface area contributed by atoms with Gasteiger partial charge in [-0.25, -0.2) is 4.79 Å². The number of nitrogens with one attached hydrogen (secondary N) is 2. The lowest BCUT2D eigenvalue weighted by Gasteiger charge is -2.14. The molecule has 0 saturated heterocycles. The first-order chi connectivity index (χ1) is 12.9. The second-order valence-corrected chi connectivity index (χ2v) is 6.03. The number of benzene rings is 2. The zero-order chi connectivity index (χ0) is 19.8. The molecule has 1 unspecified atom stereocenters. The Morgan fingerprint density at radius 3 is 2.44 bits per heavy atom. The van der Waals surface area contributed by atoms with Crippen molar-refractivity contribution >= 4 is 23.5 Å². The lowest BCUT2D eigenvalue weighted by molar-refractivity contribution is -0.145. The van der Waals surface area contributed by atoms with Crippen LogP contribution in [-0.2, 0) is 22.6 Å². The molecule has 0 spiro atoms. The summed E-state index contributed by atoms with van der Waals surface area (Å²) in [7, 11) is 0. The Balaban J connectivity index is 2.06. The van der Waals surface area contributed by atoms with Gasteiger partial charge < -0.3 is 20.8 Å². The Kier molecular flexibility index (Phi) is 6.93. The molecule has 0 bridgehead atoms. The van der Waals surface area contributed by atoms with E-state index in [1.54, 1.807) is 18.2 Å². The minimum absolute atomic E-state index is 0.273. The summed E-state index contributed by atoms with van der Waals surface area (Å²) >= 11 is 0. The Labute approximate surface area is 157 Å². The summed E-state index contributed by atoms with van der Waals surface area (Å²) in [6, 6.07) is 13.2. The summed E-state index contributed by atoms with van der Waals surface area (Å²) in [6.45, 7) is 2.57. The van der Waals surface area contributed by atoms with Crippen molar-refractivity contribution in [3.63, 3.8) is 0 Å². The van der Waals surface area contributed by atoms with E-state index in [0.717, 1.165) is 17.7 Å². The van der Waals surface area contributed by atoms with Crippen LogP contribution in [0.5, 0.6) is 0 Å². The second kappa shape index (κ2) is 9.38. The van der Waals surface area contributed by atoms with Crippen LogP contribution in [0.15, 0.2) is 48.5 Å².